The average Bonchev–Trinajstić information content (AvgIpc) is 2.39. The molecule has 0 bridgehead atoms. The van der Waals surface area contributed by atoms with Crippen molar-refractivity contribution in [1.82, 2.24) is 5.32 Å². The molecule has 1 aromatic carbocycles. The summed E-state index contributed by atoms with van der Waals surface area (Å²) in [6.07, 6.45) is 3.71. The number of aryl methyl sites for hydroxylation is 1. The van der Waals surface area contributed by atoms with Crippen LogP contribution in [-0.4, -0.2) is 25.2 Å². The van der Waals surface area contributed by atoms with E-state index in [-0.39, 0.29) is 0 Å². The van der Waals surface area contributed by atoms with Gasteiger partial charge >= 0.3 is 0 Å². The number of piperazine rings is 1. The summed E-state index contributed by atoms with van der Waals surface area (Å²) in [6, 6.07) is 7.89. The quantitative estimate of drug-likeness (QED) is 0.896. The molecule has 0 aromatic heterocycles. The summed E-state index contributed by atoms with van der Waals surface area (Å²) < 4.78 is 1.17. The van der Waals surface area contributed by atoms with E-state index < -0.39 is 0 Å². The molecule has 1 aliphatic rings. The van der Waals surface area contributed by atoms with Gasteiger partial charge in [0.2, 0.25) is 0 Å². The summed E-state index contributed by atoms with van der Waals surface area (Å²) in [6.45, 7) is 9.01. The van der Waals surface area contributed by atoms with Crippen LogP contribution in [0.3, 0.4) is 0 Å². The highest BCUT2D eigenvalue weighted by Gasteiger charge is 2.27. The maximum absolute atomic E-state index is 3.70. The Kier molecular flexibility index (Phi) is 5.28. The van der Waals surface area contributed by atoms with Crippen LogP contribution in [0.15, 0.2) is 22.7 Å². The van der Waals surface area contributed by atoms with Gasteiger partial charge in [0.25, 0.3) is 0 Å². The summed E-state index contributed by atoms with van der Waals surface area (Å²) in [4.78, 5) is 2.61. The molecule has 1 aliphatic heterocycles. The maximum atomic E-state index is 3.70. The Morgan fingerprint density at radius 1 is 1.37 bits per heavy atom. The van der Waals surface area contributed by atoms with E-state index in [4.69, 9.17) is 0 Å². The standard InChI is InChI=1S/C16H25BrN2/c1-4-6-14-11-19(15(5-2)10-18-14)16-8-7-13(17)9-12(16)3/h7-9,14-15,18H,4-6,10-11H2,1-3H3. The van der Waals surface area contributed by atoms with Gasteiger partial charge in [-0.3, -0.25) is 0 Å². The molecule has 2 rings (SSSR count). The van der Waals surface area contributed by atoms with E-state index >= 15 is 0 Å². The Morgan fingerprint density at radius 3 is 2.79 bits per heavy atom. The third-order valence-corrected chi connectivity index (χ3v) is 4.57. The first-order valence-corrected chi connectivity index (χ1v) is 8.21. The predicted molar refractivity (Wildman–Crippen MR) is 87.0 cm³/mol. The maximum Gasteiger partial charge on any atom is 0.0412 e. The van der Waals surface area contributed by atoms with E-state index in [2.05, 4.69) is 65.1 Å². The minimum atomic E-state index is 0.619. The normalized spacial score (nSPS) is 23.7. The number of hydrogen-bond donors (Lipinski definition) is 1. The van der Waals surface area contributed by atoms with Gasteiger partial charge in [-0.25, -0.2) is 0 Å². The Hall–Kier alpha value is -0.540. The summed E-state index contributed by atoms with van der Waals surface area (Å²) in [5.74, 6) is 0. The van der Waals surface area contributed by atoms with Gasteiger partial charge in [-0.05, 0) is 43.5 Å². The van der Waals surface area contributed by atoms with E-state index in [1.165, 1.54) is 35.0 Å². The highest BCUT2D eigenvalue weighted by molar-refractivity contribution is 9.10. The monoisotopic (exact) mass is 324 g/mol. The second-order valence-corrected chi connectivity index (χ2v) is 6.45. The Morgan fingerprint density at radius 2 is 2.16 bits per heavy atom. The van der Waals surface area contributed by atoms with E-state index in [9.17, 15) is 0 Å². The summed E-state index contributed by atoms with van der Waals surface area (Å²) >= 11 is 3.56. The molecule has 19 heavy (non-hydrogen) atoms. The van der Waals surface area contributed by atoms with Crippen molar-refractivity contribution in [2.24, 2.45) is 0 Å². The van der Waals surface area contributed by atoms with Gasteiger partial charge in [-0.15, -0.1) is 0 Å². The van der Waals surface area contributed by atoms with E-state index in [0.29, 0.717) is 12.1 Å². The van der Waals surface area contributed by atoms with Gasteiger partial charge in [0, 0.05) is 35.3 Å². The molecule has 0 amide bonds. The third-order valence-electron chi connectivity index (χ3n) is 4.08. The fourth-order valence-electron chi connectivity index (χ4n) is 3.01. The summed E-state index contributed by atoms with van der Waals surface area (Å²) in [7, 11) is 0. The van der Waals surface area contributed by atoms with Crippen LogP contribution < -0.4 is 10.2 Å². The molecule has 0 saturated carbocycles. The zero-order chi connectivity index (χ0) is 13.8. The minimum Gasteiger partial charge on any atom is -0.366 e. The van der Waals surface area contributed by atoms with Crippen LogP contribution in [0, 0.1) is 6.92 Å². The largest absolute Gasteiger partial charge is 0.366 e. The van der Waals surface area contributed by atoms with Crippen LogP contribution in [0.5, 0.6) is 0 Å². The van der Waals surface area contributed by atoms with Gasteiger partial charge in [0.05, 0.1) is 0 Å². The van der Waals surface area contributed by atoms with Crippen molar-refractivity contribution in [3.63, 3.8) is 0 Å². The first kappa shape index (κ1) is 14.9. The van der Waals surface area contributed by atoms with Crippen LogP contribution in [-0.2, 0) is 0 Å². The highest BCUT2D eigenvalue weighted by atomic mass is 79.9. The molecule has 1 N–H and O–H groups in total. The van der Waals surface area contributed by atoms with Crippen LogP contribution in [0.25, 0.3) is 0 Å². The Labute approximate surface area is 125 Å². The lowest BCUT2D eigenvalue weighted by atomic mass is 10.0. The minimum absolute atomic E-state index is 0.619. The van der Waals surface area contributed by atoms with Gasteiger partial charge in [0.1, 0.15) is 0 Å². The zero-order valence-corrected chi connectivity index (χ0v) is 13.8. The SMILES string of the molecule is CCCC1CN(c2ccc(Br)cc2C)C(CC)CN1. The van der Waals surface area contributed by atoms with Crippen molar-refractivity contribution < 1.29 is 0 Å². The van der Waals surface area contributed by atoms with Gasteiger partial charge < -0.3 is 10.2 Å². The average molecular weight is 325 g/mol. The zero-order valence-electron chi connectivity index (χ0n) is 12.2. The number of nitrogens with one attached hydrogen (secondary N) is 1. The van der Waals surface area contributed by atoms with Crippen LogP contribution >= 0.6 is 15.9 Å². The molecule has 0 spiro atoms. The lowest BCUT2D eigenvalue weighted by Crippen LogP contribution is -2.56. The number of benzene rings is 1. The molecule has 2 unspecified atom stereocenters. The fraction of sp³-hybridized carbons (Fsp3) is 0.625. The smallest absolute Gasteiger partial charge is 0.0412 e. The summed E-state index contributed by atoms with van der Waals surface area (Å²) in [5, 5.41) is 3.70. The number of anilines is 1. The number of nitrogens with zero attached hydrogens (tertiary/aromatic N) is 1. The van der Waals surface area contributed by atoms with Crippen LogP contribution in [0.1, 0.15) is 38.7 Å². The molecule has 0 aliphatic carbocycles. The Bertz CT molecular complexity index is 419. The first-order valence-electron chi connectivity index (χ1n) is 7.41. The van der Waals surface area contributed by atoms with Gasteiger partial charge in [-0.1, -0.05) is 36.2 Å². The van der Waals surface area contributed by atoms with E-state index in [1.54, 1.807) is 0 Å². The van der Waals surface area contributed by atoms with Crippen molar-refractivity contribution in [2.45, 2.75) is 52.1 Å². The molecule has 2 nitrogen and oxygen atoms in total. The van der Waals surface area contributed by atoms with Crippen molar-refractivity contribution in [1.29, 1.82) is 0 Å². The van der Waals surface area contributed by atoms with E-state index in [1.807, 2.05) is 0 Å². The molecule has 1 aromatic rings. The molecule has 106 valence electrons. The molecular weight excluding hydrogens is 300 g/mol. The molecule has 1 saturated heterocycles. The second-order valence-electron chi connectivity index (χ2n) is 5.54. The summed E-state index contributed by atoms with van der Waals surface area (Å²) in [5.41, 5.74) is 2.77. The lowest BCUT2D eigenvalue weighted by molar-refractivity contribution is 0.369. The number of halogens is 1. The van der Waals surface area contributed by atoms with Crippen molar-refractivity contribution in [3.05, 3.63) is 28.2 Å². The molecule has 2 atom stereocenters. The molecule has 1 heterocycles. The van der Waals surface area contributed by atoms with Crippen molar-refractivity contribution >= 4 is 21.6 Å². The number of hydrogen-bond acceptors (Lipinski definition) is 2. The third kappa shape index (κ3) is 3.51. The van der Waals surface area contributed by atoms with Gasteiger partial charge in [-0.2, -0.15) is 0 Å². The molecular formula is C16H25BrN2. The fourth-order valence-corrected chi connectivity index (χ4v) is 3.48. The first-order chi connectivity index (χ1) is 9.15. The van der Waals surface area contributed by atoms with Crippen molar-refractivity contribution in [3.8, 4) is 0 Å². The van der Waals surface area contributed by atoms with Crippen molar-refractivity contribution in [2.75, 3.05) is 18.0 Å². The predicted octanol–water partition coefficient (Wildman–Crippen LogP) is 4.11. The lowest BCUT2D eigenvalue weighted by Gasteiger charge is -2.42. The van der Waals surface area contributed by atoms with Crippen LogP contribution in [0.2, 0.25) is 0 Å². The molecule has 3 heteroatoms. The number of rotatable bonds is 4. The topological polar surface area (TPSA) is 15.3 Å². The Balaban J connectivity index is 2.22. The molecule has 1 fully saturated rings. The van der Waals surface area contributed by atoms with Gasteiger partial charge in [0.15, 0.2) is 0 Å². The van der Waals surface area contributed by atoms with Crippen LogP contribution in [0.4, 0.5) is 5.69 Å². The highest BCUT2D eigenvalue weighted by Crippen LogP contribution is 2.28. The second kappa shape index (κ2) is 6.76. The van der Waals surface area contributed by atoms with E-state index in [0.717, 1.165) is 13.1 Å². The molecule has 0 radical (unpaired) electrons.